The molecular weight excluding hydrogens is 513 g/mol. The molecule has 2 aromatic rings. The summed E-state index contributed by atoms with van der Waals surface area (Å²) in [6, 6.07) is 2.29. The SMILES string of the molecule is C#CCN1C(=O)C(F)(F)Oc2cc(P)c(-c3c(F)c(P)c(N(C(C)=O)C(C)=O)c(F)c3P)cc21. The van der Waals surface area contributed by atoms with E-state index in [4.69, 9.17) is 6.42 Å². The average molecular weight is 530 g/mol. The normalized spacial score (nSPS) is 14.2. The highest BCUT2D eigenvalue weighted by atomic mass is 31.0. The van der Waals surface area contributed by atoms with Gasteiger partial charge in [0.25, 0.3) is 0 Å². The van der Waals surface area contributed by atoms with Crippen LogP contribution in [0.25, 0.3) is 11.1 Å². The van der Waals surface area contributed by atoms with Crippen molar-refractivity contribution in [2.75, 3.05) is 16.3 Å². The number of hydrogen-bond donors (Lipinski definition) is 0. The van der Waals surface area contributed by atoms with Crippen molar-refractivity contribution in [3.63, 3.8) is 0 Å². The standard InChI is InChI=1S/C21H17F4N2O4P3/c1-4-5-26-11-6-10(13(32)7-12(11)31-21(24,25)20(26)30)14-15(22)19(34)17(16(23)18(14)33)27(8(2)28)9(3)29/h1,6-7H,5,32-34H2,2-3H3. The molecule has 0 aromatic heterocycles. The van der Waals surface area contributed by atoms with Gasteiger partial charge in [0.05, 0.1) is 17.9 Å². The summed E-state index contributed by atoms with van der Waals surface area (Å²) in [6.45, 7) is 1.53. The van der Waals surface area contributed by atoms with Gasteiger partial charge in [-0.25, -0.2) is 13.7 Å². The number of benzene rings is 2. The molecule has 1 heterocycles. The van der Waals surface area contributed by atoms with Crippen LogP contribution in [0.5, 0.6) is 5.75 Å². The van der Waals surface area contributed by atoms with Crippen molar-refractivity contribution in [2.24, 2.45) is 0 Å². The third-order valence-electron chi connectivity index (χ3n) is 4.95. The molecule has 3 amide bonds. The molecule has 1 aliphatic rings. The summed E-state index contributed by atoms with van der Waals surface area (Å²) in [7, 11) is 6.17. The van der Waals surface area contributed by atoms with E-state index in [1.165, 1.54) is 6.07 Å². The minimum absolute atomic E-state index is 0.0150. The maximum atomic E-state index is 15.6. The number of rotatable bonds is 3. The second-order valence-corrected chi connectivity index (χ2v) is 8.95. The molecule has 3 unspecified atom stereocenters. The fraction of sp³-hybridized carbons (Fsp3) is 0.190. The molecule has 0 saturated carbocycles. The molecule has 0 fully saturated rings. The van der Waals surface area contributed by atoms with Crippen LogP contribution in [0.2, 0.25) is 0 Å². The number of halogens is 4. The lowest BCUT2D eigenvalue weighted by atomic mass is 10.0. The Kier molecular flexibility index (Phi) is 7.06. The number of ether oxygens (including phenoxy) is 1. The number of fused-ring (bicyclic) bond motifs is 1. The summed E-state index contributed by atoms with van der Waals surface area (Å²) in [5, 5.41) is -0.615. The molecule has 1 aliphatic heterocycles. The quantitative estimate of drug-likeness (QED) is 0.346. The number of nitrogens with zero attached hydrogens (tertiary/aromatic N) is 2. The van der Waals surface area contributed by atoms with Crippen LogP contribution in [-0.4, -0.2) is 30.4 Å². The molecule has 2 aromatic carbocycles. The summed E-state index contributed by atoms with van der Waals surface area (Å²) in [4.78, 5) is 37.1. The third kappa shape index (κ3) is 4.18. The van der Waals surface area contributed by atoms with Gasteiger partial charge in [-0.1, -0.05) is 15.2 Å². The second-order valence-electron chi connectivity index (χ2n) is 7.17. The molecule has 3 rings (SSSR count). The van der Waals surface area contributed by atoms with E-state index >= 15 is 8.78 Å². The number of carbonyl (C=O) groups excluding carboxylic acids is 3. The largest absolute Gasteiger partial charge is 0.483 e. The van der Waals surface area contributed by atoms with Crippen molar-refractivity contribution in [3.05, 3.63) is 23.8 Å². The molecular formula is C21H17F4N2O4P3. The average Bonchev–Trinajstić information content (AvgIpc) is 2.73. The van der Waals surface area contributed by atoms with Crippen LogP contribution < -0.4 is 30.5 Å². The first-order valence-corrected chi connectivity index (χ1v) is 11.1. The van der Waals surface area contributed by atoms with E-state index in [0.717, 1.165) is 19.9 Å². The van der Waals surface area contributed by atoms with Crippen molar-refractivity contribution < 1.29 is 36.7 Å². The highest BCUT2D eigenvalue weighted by Crippen LogP contribution is 2.42. The van der Waals surface area contributed by atoms with E-state index in [1.54, 1.807) is 0 Å². The van der Waals surface area contributed by atoms with E-state index in [-0.39, 0.29) is 33.2 Å². The maximum absolute atomic E-state index is 15.6. The molecule has 0 spiro atoms. The van der Waals surface area contributed by atoms with Crippen LogP contribution in [0, 0.1) is 24.0 Å². The summed E-state index contributed by atoms with van der Waals surface area (Å²) in [5.74, 6) is -3.72. The van der Waals surface area contributed by atoms with Gasteiger partial charge in [-0.15, -0.1) is 24.9 Å². The van der Waals surface area contributed by atoms with Crippen LogP contribution in [0.15, 0.2) is 12.1 Å². The number of alkyl halides is 2. The molecule has 0 bridgehead atoms. The van der Waals surface area contributed by atoms with Gasteiger partial charge in [0, 0.05) is 30.0 Å². The molecule has 3 atom stereocenters. The molecule has 178 valence electrons. The fourth-order valence-electron chi connectivity index (χ4n) is 3.52. The first-order chi connectivity index (χ1) is 15.7. The highest BCUT2D eigenvalue weighted by Gasteiger charge is 2.50. The van der Waals surface area contributed by atoms with Crippen molar-refractivity contribution in [2.45, 2.75) is 20.0 Å². The number of anilines is 2. The van der Waals surface area contributed by atoms with Gasteiger partial charge in [-0.3, -0.25) is 19.3 Å². The van der Waals surface area contributed by atoms with Gasteiger partial charge in [-0.05, 0) is 23.0 Å². The minimum Gasteiger partial charge on any atom is -0.423 e. The lowest BCUT2D eigenvalue weighted by Gasteiger charge is -2.33. The zero-order valence-electron chi connectivity index (χ0n) is 17.7. The highest BCUT2D eigenvalue weighted by molar-refractivity contribution is 7.30. The van der Waals surface area contributed by atoms with Crippen LogP contribution in [0.3, 0.4) is 0 Å². The predicted molar refractivity (Wildman–Crippen MR) is 130 cm³/mol. The third-order valence-corrected chi connectivity index (χ3v) is 6.50. The van der Waals surface area contributed by atoms with E-state index in [2.05, 4.69) is 19.9 Å². The first-order valence-electron chi connectivity index (χ1n) is 9.37. The topological polar surface area (TPSA) is 66.9 Å². The molecule has 0 radical (unpaired) electrons. The molecule has 0 saturated heterocycles. The smallest absolute Gasteiger partial charge is 0.423 e. The Labute approximate surface area is 199 Å². The molecule has 0 aliphatic carbocycles. The van der Waals surface area contributed by atoms with Crippen molar-refractivity contribution >= 4 is 72.7 Å². The predicted octanol–water partition coefficient (Wildman–Crippen LogP) is 1.98. The van der Waals surface area contributed by atoms with Crippen LogP contribution in [0.1, 0.15) is 13.8 Å². The Bertz CT molecular complexity index is 1270. The lowest BCUT2D eigenvalue weighted by molar-refractivity contribution is -0.192. The van der Waals surface area contributed by atoms with Gasteiger partial charge < -0.3 is 4.74 Å². The molecule has 13 heteroatoms. The number of imide groups is 1. The van der Waals surface area contributed by atoms with E-state index in [0.29, 0.717) is 9.80 Å². The summed E-state index contributed by atoms with van der Waals surface area (Å²) in [5.41, 5.74) is -1.03. The zero-order chi connectivity index (χ0) is 25.7. The Morgan fingerprint density at radius 1 is 1.12 bits per heavy atom. The maximum Gasteiger partial charge on any atom is 0.483 e. The monoisotopic (exact) mass is 530 g/mol. The summed E-state index contributed by atoms with van der Waals surface area (Å²) >= 11 is 0. The van der Waals surface area contributed by atoms with Crippen molar-refractivity contribution in [3.8, 4) is 29.2 Å². The second kappa shape index (κ2) is 9.23. The Hall–Kier alpha value is -2.58. The van der Waals surface area contributed by atoms with Gasteiger partial charge in [0.1, 0.15) is 5.82 Å². The van der Waals surface area contributed by atoms with E-state index in [9.17, 15) is 23.2 Å². The van der Waals surface area contributed by atoms with Crippen molar-refractivity contribution in [1.29, 1.82) is 0 Å². The molecule has 6 nitrogen and oxygen atoms in total. The number of terminal acetylenes is 1. The number of hydrogen-bond acceptors (Lipinski definition) is 4. The van der Waals surface area contributed by atoms with E-state index < -0.39 is 53.0 Å². The number of carbonyl (C=O) groups is 3. The van der Waals surface area contributed by atoms with Crippen LogP contribution in [-0.2, 0) is 14.4 Å². The summed E-state index contributed by atoms with van der Waals surface area (Å²) in [6.07, 6.45) is 1.06. The minimum atomic E-state index is -4.16. The van der Waals surface area contributed by atoms with Gasteiger partial charge >= 0.3 is 12.0 Å². The van der Waals surface area contributed by atoms with Gasteiger partial charge in [0.2, 0.25) is 11.8 Å². The van der Waals surface area contributed by atoms with Crippen LogP contribution in [0.4, 0.5) is 28.9 Å². The van der Waals surface area contributed by atoms with E-state index in [1.807, 2.05) is 18.5 Å². The zero-order valence-corrected chi connectivity index (χ0v) is 21.2. The number of amides is 3. The molecule has 0 N–H and O–H groups in total. The van der Waals surface area contributed by atoms with Gasteiger partial charge in [0.15, 0.2) is 11.6 Å². The lowest BCUT2D eigenvalue weighted by Crippen LogP contribution is -2.51. The summed E-state index contributed by atoms with van der Waals surface area (Å²) < 4.78 is 63.6. The van der Waals surface area contributed by atoms with Crippen molar-refractivity contribution in [1.82, 2.24) is 0 Å². The van der Waals surface area contributed by atoms with Crippen LogP contribution >= 0.6 is 27.7 Å². The molecule has 34 heavy (non-hydrogen) atoms. The Morgan fingerprint density at radius 2 is 1.71 bits per heavy atom. The van der Waals surface area contributed by atoms with Gasteiger partial charge in [-0.2, -0.15) is 8.78 Å². The fourth-order valence-corrected chi connectivity index (χ4v) is 4.72. The Morgan fingerprint density at radius 3 is 2.24 bits per heavy atom. The Balaban J connectivity index is 2.32. The first kappa shape index (κ1) is 26.0.